The summed E-state index contributed by atoms with van der Waals surface area (Å²) in [4.78, 5) is 16.4. The SMILES string of the molecule is CCNc1cc(C(=O)Nc2cc(Cl)c(C)cc2Br)ccn1. The molecule has 2 rings (SSSR count). The highest BCUT2D eigenvalue weighted by Crippen LogP contribution is 2.29. The zero-order valence-electron chi connectivity index (χ0n) is 11.7. The summed E-state index contributed by atoms with van der Waals surface area (Å²) in [6, 6.07) is 6.97. The summed E-state index contributed by atoms with van der Waals surface area (Å²) >= 11 is 9.51. The van der Waals surface area contributed by atoms with Crippen LogP contribution in [0.5, 0.6) is 0 Å². The first kappa shape index (κ1) is 15.8. The van der Waals surface area contributed by atoms with E-state index >= 15 is 0 Å². The summed E-state index contributed by atoms with van der Waals surface area (Å²) in [6.07, 6.45) is 1.60. The lowest BCUT2D eigenvalue weighted by atomic mass is 10.2. The number of halogens is 2. The van der Waals surface area contributed by atoms with E-state index in [9.17, 15) is 4.79 Å². The van der Waals surface area contributed by atoms with Gasteiger partial charge in [0.05, 0.1) is 5.69 Å². The molecule has 0 aliphatic rings. The Morgan fingerprint density at radius 3 is 2.86 bits per heavy atom. The van der Waals surface area contributed by atoms with Gasteiger partial charge in [-0.15, -0.1) is 0 Å². The number of anilines is 2. The minimum atomic E-state index is -0.211. The van der Waals surface area contributed by atoms with E-state index < -0.39 is 0 Å². The zero-order valence-corrected chi connectivity index (χ0v) is 14.0. The van der Waals surface area contributed by atoms with Crippen LogP contribution in [0.1, 0.15) is 22.8 Å². The van der Waals surface area contributed by atoms with Crippen molar-refractivity contribution >= 4 is 44.9 Å². The number of amides is 1. The van der Waals surface area contributed by atoms with Gasteiger partial charge in [-0.3, -0.25) is 4.79 Å². The van der Waals surface area contributed by atoms with Crippen LogP contribution in [0.3, 0.4) is 0 Å². The normalized spacial score (nSPS) is 10.3. The maximum Gasteiger partial charge on any atom is 0.255 e. The van der Waals surface area contributed by atoms with Crippen molar-refractivity contribution in [2.24, 2.45) is 0 Å². The molecular formula is C15H15BrClN3O. The Morgan fingerprint density at radius 1 is 1.38 bits per heavy atom. The molecule has 21 heavy (non-hydrogen) atoms. The molecule has 0 aliphatic carbocycles. The molecule has 0 fully saturated rings. The molecule has 0 bridgehead atoms. The van der Waals surface area contributed by atoms with Crippen LogP contribution in [0.15, 0.2) is 34.9 Å². The molecule has 6 heteroatoms. The van der Waals surface area contributed by atoms with E-state index in [4.69, 9.17) is 11.6 Å². The van der Waals surface area contributed by atoms with Crippen molar-refractivity contribution in [1.29, 1.82) is 0 Å². The topological polar surface area (TPSA) is 54.0 Å². The van der Waals surface area contributed by atoms with Gasteiger partial charge in [0, 0.05) is 27.8 Å². The van der Waals surface area contributed by atoms with Crippen molar-refractivity contribution in [2.75, 3.05) is 17.2 Å². The summed E-state index contributed by atoms with van der Waals surface area (Å²) in [5.41, 5.74) is 2.11. The number of rotatable bonds is 4. The molecule has 0 atom stereocenters. The van der Waals surface area contributed by atoms with E-state index in [0.29, 0.717) is 22.1 Å². The molecule has 0 saturated heterocycles. The average molecular weight is 369 g/mol. The zero-order chi connectivity index (χ0) is 15.4. The number of aryl methyl sites for hydroxylation is 1. The van der Waals surface area contributed by atoms with E-state index in [2.05, 4.69) is 31.5 Å². The van der Waals surface area contributed by atoms with Gasteiger partial charge in [0.25, 0.3) is 5.91 Å². The van der Waals surface area contributed by atoms with Crippen LogP contribution in [-0.2, 0) is 0 Å². The summed E-state index contributed by atoms with van der Waals surface area (Å²) in [6.45, 7) is 4.63. The minimum Gasteiger partial charge on any atom is -0.370 e. The van der Waals surface area contributed by atoms with Gasteiger partial charge in [0.15, 0.2) is 0 Å². The highest BCUT2D eigenvalue weighted by atomic mass is 79.9. The molecule has 4 nitrogen and oxygen atoms in total. The van der Waals surface area contributed by atoms with Crippen molar-refractivity contribution in [3.8, 4) is 0 Å². The monoisotopic (exact) mass is 367 g/mol. The van der Waals surface area contributed by atoms with Gasteiger partial charge in [-0.1, -0.05) is 11.6 Å². The molecule has 0 radical (unpaired) electrons. The first-order valence-electron chi connectivity index (χ1n) is 6.48. The van der Waals surface area contributed by atoms with Gasteiger partial charge in [-0.05, 0) is 59.6 Å². The quantitative estimate of drug-likeness (QED) is 0.836. The number of nitrogens with one attached hydrogen (secondary N) is 2. The van der Waals surface area contributed by atoms with Gasteiger partial charge in [0.1, 0.15) is 5.82 Å². The molecule has 0 spiro atoms. The second-order valence-corrected chi connectivity index (χ2v) is 5.76. The number of nitrogens with zero attached hydrogens (tertiary/aromatic N) is 1. The third kappa shape index (κ3) is 3.95. The highest BCUT2D eigenvalue weighted by molar-refractivity contribution is 9.10. The predicted octanol–water partition coefficient (Wildman–Crippen LogP) is 4.49. The molecule has 0 aliphatic heterocycles. The summed E-state index contributed by atoms with van der Waals surface area (Å²) in [5.74, 6) is 0.461. The molecule has 2 aromatic rings. The lowest BCUT2D eigenvalue weighted by Crippen LogP contribution is -2.13. The molecule has 1 aromatic heterocycles. The van der Waals surface area contributed by atoms with Crippen molar-refractivity contribution in [1.82, 2.24) is 4.98 Å². The average Bonchev–Trinajstić information content (AvgIpc) is 2.45. The Kier molecular flexibility index (Phi) is 5.20. The van der Waals surface area contributed by atoms with Gasteiger partial charge < -0.3 is 10.6 Å². The molecule has 0 saturated carbocycles. The van der Waals surface area contributed by atoms with Crippen molar-refractivity contribution in [3.63, 3.8) is 0 Å². The molecule has 0 unspecified atom stereocenters. The van der Waals surface area contributed by atoms with Crippen molar-refractivity contribution < 1.29 is 4.79 Å². The molecule has 110 valence electrons. The molecule has 1 heterocycles. The maximum atomic E-state index is 12.3. The Hall–Kier alpha value is -1.59. The van der Waals surface area contributed by atoms with Gasteiger partial charge in [0.2, 0.25) is 0 Å². The third-order valence-corrected chi connectivity index (χ3v) is 3.94. The molecule has 1 amide bonds. The molecule has 1 aromatic carbocycles. The maximum absolute atomic E-state index is 12.3. The van der Waals surface area contributed by atoms with E-state index in [1.165, 1.54) is 0 Å². The van der Waals surface area contributed by atoms with Crippen LogP contribution >= 0.6 is 27.5 Å². The van der Waals surface area contributed by atoms with Crippen LogP contribution in [0.25, 0.3) is 0 Å². The fraction of sp³-hybridized carbons (Fsp3) is 0.200. The van der Waals surface area contributed by atoms with Crippen molar-refractivity contribution in [3.05, 3.63) is 51.1 Å². The predicted molar refractivity (Wildman–Crippen MR) is 90.2 cm³/mol. The van der Waals surface area contributed by atoms with Crippen LogP contribution in [-0.4, -0.2) is 17.4 Å². The highest BCUT2D eigenvalue weighted by Gasteiger charge is 2.11. The Bertz CT molecular complexity index is 676. The summed E-state index contributed by atoms with van der Waals surface area (Å²) in [7, 11) is 0. The Balaban J connectivity index is 2.22. The fourth-order valence-electron chi connectivity index (χ4n) is 1.79. The number of benzene rings is 1. The molecular weight excluding hydrogens is 354 g/mol. The van der Waals surface area contributed by atoms with Crippen LogP contribution in [0.4, 0.5) is 11.5 Å². The number of carbonyl (C=O) groups excluding carboxylic acids is 1. The van der Waals surface area contributed by atoms with E-state index in [-0.39, 0.29) is 5.91 Å². The second kappa shape index (κ2) is 6.91. The standard InChI is InChI=1S/C15H15BrClN3O/c1-3-18-14-7-10(4-5-19-14)15(21)20-13-8-12(17)9(2)6-11(13)16/h4-8H,3H2,1-2H3,(H,18,19)(H,20,21). The smallest absolute Gasteiger partial charge is 0.255 e. The van der Waals surface area contributed by atoms with Crippen LogP contribution in [0.2, 0.25) is 5.02 Å². The second-order valence-electron chi connectivity index (χ2n) is 4.50. The Labute approximate surface area is 137 Å². The van der Waals surface area contributed by atoms with Crippen molar-refractivity contribution in [2.45, 2.75) is 13.8 Å². The number of carbonyl (C=O) groups is 1. The summed E-state index contributed by atoms with van der Waals surface area (Å²) < 4.78 is 0.790. The number of pyridine rings is 1. The first-order chi connectivity index (χ1) is 10.0. The number of hydrogen-bond donors (Lipinski definition) is 2. The van der Waals surface area contributed by atoms with Gasteiger partial charge in [-0.2, -0.15) is 0 Å². The largest absolute Gasteiger partial charge is 0.370 e. The lowest BCUT2D eigenvalue weighted by Gasteiger charge is -2.10. The lowest BCUT2D eigenvalue weighted by molar-refractivity contribution is 0.102. The van der Waals surface area contributed by atoms with E-state index in [1.54, 1.807) is 24.4 Å². The van der Waals surface area contributed by atoms with E-state index in [1.807, 2.05) is 19.9 Å². The third-order valence-electron chi connectivity index (χ3n) is 2.88. The van der Waals surface area contributed by atoms with E-state index in [0.717, 1.165) is 16.6 Å². The molecule has 2 N–H and O–H groups in total. The Morgan fingerprint density at radius 2 is 2.14 bits per heavy atom. The van der Waals surface area contributed by atoms with Crippen LogP contribution in [0, 0.1) is 6.92 Å². The minimum absolute atomic E-state index is 0.211. The summed E-state index contributed by atoms with van der Waals surface area (Å²) in [5, 5.41) is 6.52. The number of aromatic nitrogens is 1. The van der Waals surface area contributed by atoms with Crippen LogP contribution < -0.4 is 10.6 Å². The van der Waals surface area contributed by atoms with Gasteiger partial charge >= 0.3 is 0 Å². The first-order valence-corrected chi connectivity index (χ1v) is 7.65. The van der Waals surface area contributed by atoms with Gasteiger partial charge in [-0.25, -0.2) is 4.98 Å². The fourth-order valence-corrected chi connectivity index (χ4v) is 2.51. The number of hydrogen-bond acceptors (Lipinski definition) is 3.